The number of hydrogen-bond acceptors (Lipinski definition) is 3. The zero-order chi connectivity index (χ0) is 14.3. The van der Waals surface area contributed by atoms with Gasteiger partial charge in [0.2, 0.25) is 0 Å². The molecule has 2 aromatic heterocycles. The van der Waals surface area contributed by atoms with E-state index >= 15 is 0 Å². The molecule has 0 aliphatic carbocycles. The van der Waals surface area contributed by atoms with E-state index in [0.29, 0.717) is 21.9 Å². The second-order valence-corrected chi connectivity index (χ2v) is 4.62. The predicted octanol–water partition coefficient (Wildman–Crippen LogP) is 3.06. The zero-order valence-corrected chi connectivity index (χ0v) is 10.9. The van der Waals surface area contributed by atoms with E-state index in [1.807, 2.05) is 0 Å². The minimum atomic E-state index is -1.16. The lowest BCUT2D eigenvalue weighted by molar-refractivity contribution is 0.0693. The fraction of sp³-hybridized carbons (Fsp3) is 0. The Hall–Kier alpha value is -2.53. The summed E-state index contributed by atoms with van der Waals surface area (Å²) in [7, 11) is 0. The van der Waals surface area contributed by atoms with E-state index in [0.717, 1.165) is 0 Å². The van der Waals surface area contributed by atoms with Gasteiger partial charge in [-0.3, -0.25) is 4.40 Å². The number of benzene rings is 1. The van der Waals surface area contributed by atoms with E-state index in [1.165, 1.54) is 12.1 Å². The summed E-state index contributed by atoms with van der Waals surface area (Å²) in [5.41, 5.74) is 0.811. The first-order valence-electron chi connectivity index (χ1n) is 5.77. The van der Waals surface area contributed by atoms with E-state index in [4.69, 9.17) is 11.6 Å². The molecule has 100 valence electrons. The number of carboxylic acid groups (broad SMARTS) is 1. The van der Waals surface area contributed by atoms with Gasteiger partial charge in [0, 0.05) is 17.8 Å². The molecule has 0 saturated carbocycles. The molecule has 20 heavy (non-hydrogen) atoms. The normalized spacial score (nSPS) is 10.8. The van der Waals surface area contributed by atoms with Gasteiger partial charge in [0.1, 0.15) is 11.6 Å². The Bertz CT molecular complexity index is 826. The number of aromatic nitrogens is 2. The molecule has 5 nitrogen and oxygen atoms in total. The molecular formula is C14H9ClN2O3. The van der Waals surface area contributed by atoms with E-state index in [2.05, 4.69) is 4.98 Å². The third-order valence-electron chi connectivity index (χ3n) is 2.94. The molecule has 0 saturated heterocycles. The molecule has 0 radical (unpaired) electrons. The van der Waals surface area contributed by atoms with Crippen LogP contribution < -0.4 is 0 Å². The van der Waals surface area contributed by atoms with Crippen molar-refractivity contribution in [1.82, 2.24) is 9.38 Å². The highest BCUT2D eigenvalue weighted by molar-refractivity contribution is 6.33. The molecule has 0 spiro atoms. The van der Waals surface area contributed by atoms with Crippen LogP contribution in [0.1, 0.15) is 10.5 Å². The summed E-state index contributed by atoms with van der Waals surface area (Å²) in [5.74, 6) is -0.764. The van der Waals surface area contributed by atoms with Crippen LogP contribution in [0, 0.1) is 0 Å². The summed E-state index contributed by atoms with van der Waals surface area (Å²) in [6.45, 7) is 0. The van der Waals surface area contributed by atoms with E-state index < -0.39 is 5.97 Å². The van der Waals surface area contributed by atoms with E-state index in [1.54, 1.807) is 34.9 Å². The van der Waals surface area contributed by atoms with Gasteiger partial charge in [0.25, 0.3) is 0 Å². The second-order valence-electron chi connectivity index (χ2n) is 4.21. The molecule has 0 unspecified atom stereocenters. The van der Waals surface area contributed by atoms with Gasteiger partial charge < -0.3 is 10.2 Å². The SMILES string of the molecule is O=C(O)c1nc(-c2ccccc2Cl)n2ccc(O)cc12. The summed E-state index contributed by atoms with van der Waals surface area (Å²) in [4.78, 5) is 15.4. The highest BCUT2D eigenvalue weighted by Crippen LogP contribution is 2.29. The largest absolute Gasteiger partial charge is 0.508 e. The van der Waals surface area contributed by atoms with Gasteiger partial charge in [-0.15, -0.1) is 0 Å². The lowest BCUT2D eigenvalue weighted by Crippen LogP contribution is -1.97. The number of aromatic hydroxyl groups is 1. The Morgan fingerprint density at radius 2 is 2.00 bits per heavy atom. The number of nitrogens with zero attached hydrogens (tertiary/aromatic N) is 2. The van der Waals surface area contributed by atoms with Gasteiger partial charge in [-0.1, -0.05) is 23.7 Å². The van der Waals surface area contributed by atoms with Crippen LogP contribution in [-0.4, -0.2) is 25.6 Å². The van der Waals surface area contributed by atoms with Gasteiger partial charge in [-0.2, -0.15) is 0 Å². The number of imidazole rings is 1. The first-order valence-corrected chi connectivity index (χ1v) is 6.15. The Labute approximate surface area is 118 Å². The van der Waals surface area contributed by atoms with Crippen molar-refractivity contribution in [3.8, 4) is 17.1 Å². The van der Waals surface area contributed by atoms with Crippen LogP contribution >= 0.6 is 11.6 Å². The smallest absolute Gasteiger partial charge is 0.356 e. The van der Waals surface area contributed by atoms with Gasteiger partial charge in [0.05, 0.1) is 10.5 Å². The number of carboxylic acids is 1. The molecular weight excluding hydrogens is 280 g/mol. The van der Waals surface area contributed by atoms with Gasteiger partial charge in [-0.25, -0.2) is 9.78 Å². The maximum absolute atomic E-state index is 11.3. The second kappa shape index (κ2) is 4.54. The summed E-state index contributed by atoms with van der Waals surface area (Å²) in [6.07, 6.45) is 1.56. The standard InChI is InChI=1S/C14H9ClN2O3/c15-10-4-2-1-3-9(10)13-16-12(14(19)20)11-7-8(18)5-6-17(11)13/h1-7,18H,(H,19,20). The molecule has 0 aliphatic rings. The molecule has 2 heterocycles. The lowest BCUT2D eigenvalue weighted by atomic mass is 10.2. The predicted molar refractivity (Wildman–Crippen MR) is 74.3 cm³/mol. The van der Waals surface area contributed by atoms with Crippen molar-refractivity contribution < 1.29 is 15.0 Å². The average Bonchev–Trinajstić information content (AvgIpc) is 2.78. The molecule has 6 heteroatoms. The highest BCUT2D eigenvalue weighted by atomic mass is 35.5. The van der Waals surface area contributed by atoms with Crippen LogP contribution in [0.15, 0.2) is 42.6 Å². The molecule has 0 amide bonds. The van der Waals surface area contributed by atoms with Crippen molar-refractivity contribution in [2.75, 3.05) is 0 Å². The maximum atomic E-state index is 11.3. The highest BCUT2D eigenvalue weighted by Gasteiger charge is 2.19. The number of fused-ring (bicyclic) bond motifs is 1. The lowest BCUT2D eigenvalue weighted by Gasteiger charge is -2.03. The zero-order valence-electron chi connectivity index (χ0n) is 10.1. The number of hydrogen-bond donors (Lipinski definition) is 2. The Balaban J connectivity index is 2.38. The Morgan fingerprint density at radius 1 is 1.25 bits per heavy atom. The maximum Gasteiger partial charge on any atom is 0.356 e. The third kappa shape index (κ3) is 1.88. The van der Waals surface area contributed by atoms with Crippen LogP contribution in [0.25, 0.3) is 16.9 Å². The molecule has 3 rings (SSSR count). The van der Waals surface area contributed by atoms with Crippen LogP contribution in [0.3, 0.4) is 0 Å². The molecule has 0 atom stereocenters. The van der Waals surface area contributed by atoms with Crippen molar-refractivity contribution in [2.45, 2.75) is 0 Å². The van der Waals surface area contributed by atoms with Crippen molar-refractivity contribution in [3.63, 3.8) is 0 Å². The van der Waals surface area contributed by atoms with Gasteiger partial charge in [-0.05, 0) is 18.2 Å². The molecule has 0 fully saturated rings. The molecule has 2 N–H and O–H groups in total. The minimum absolute atomic E-state index is 0.0226. The summed E-state index contributed by atoms with van der Waals surface area (Å²) in [6, 6.07) is 9.86. The fourth-order valence-electron chi connectivity index (χ4n) is 2.06. The molecule has 0 aliphatic heterocycles. The number of pyridine rings is 1. The number of halogens is 1. The van der Waals surface area contributed by atoms with Crippen LogP contribution in [0.2, 0.25) is 5.02 Å². The Kier molecular flexibility index (Phi) is 2.84. The summed E-state index contributed by atoms with van der Waals surface area (Å²) >= 11 is 6.13. The summed E-state index contributed by atoms with van der Waals surface area (Å²) in [5, 5.41) is 19.2. The minimum Gasteiger partial charge on any atom is -0.508 e. The average molecular weight is 289 g/mol. The van der Waals surface area contributed by atoms with E-state index in [9.17, 15) is 15.0 Å². The first-order chi connectivity index (χ1) is 9.58. The quantitative estimate of drug-likeness (QED) is 0.760. The van der Waals surface area contributed by atoms with Crippen molar-refractivity contribution >= 4 is 23.1 Å². The monoisotopic (exact) mass is 288 g/mol. The van der Waals surface area contributed by atoms with Crippen LogP contribution in [0.4, 0.5) is 0 Å². The van der Waals surface area contributed by atoms with Gasteiger partial charge >= 0.3 is 5.97 Å². The fourth-order valence-corrected chi connectivity index (χ4v) is 2.28. The summed E-state index contributed by atoms with van der Waals surface area (Å²) < 4.78 is 1.59. The van der Waals surface area contributed by atoms with Crippen LogP contribution in [-0.2, 0) is 0 Å². The van der Waals surface area contributed by atoms with E-state index in [-0.39, 0.29) is 11.4 Å². The van der Waals surface area contributed by atoms with Crippen molar-refractivity contribution in [2.24, 2.45) is 0 Å². The number of aromatic carboxylic acids is 1. The number of rotatable bonds is 2. The number of carbonyl (C=O) groups is 1. The molecule has 3 aromatic rings. The first kappa shape index (κ1) is 12.5. The molecule has 1 aromatic carbocycles. The van der Waals surface area contributed by atoms with Gasteiger partial charge in [0.15, 0.2) is 5.69 Å². The van der Waals surface area contributed by atoms with Crippen LogP contribution in [0.5, 0.6) is 5.75 Å². The topological polar surface area (TPSA) is 74.8 Å². The van der Waals surface area contributed by atoms with Crippen molar-refractivity contribution in [1.29, 1.82) is 0 Å². The molecule has 0 bridgehead atoms. The Morgan fingerprint density at radius 3 is 2.70 bits per heavy atom. The third-order valence-corrected chi connectivity index (χ3v) is 3.27. The van der Waals surface area contributed by atoms with Crippen molar-refractivity contribution in [3.05, 3.63) is 53.3 Å².